The van der Waals surface area contributed by atoms with Gasteiger partial charge in [0.05, 0.1) is 16.6 Å². The number of aromatic amines is 1. The van der Waals surface area contributed by atoms with Gasteiger partial charge in [0.15, 0.2) is 5.57 Å². The number of benzene rings is 1. The van der Waals surface area contributed by atoms with E-state index in [4.69, 9.17) is 0 Å². The van der Waals surface area contributed by atoms with Gasteiger partial charge in [0.1, 0.15) is 27.4 Å². The summed E-state index contributed by atoms with van der Waals surface area (Å²) >= 11 is 0.968. The van der Waals surface area contributed by atoms with Crippen molar-refractivity contribution in [3.63, 3.8) is 0 Å². The number of carbonyl (C=O) groups excluding carboxylic acids is 2. The smallest absolute Gasteiger partial charge is 0.345 e. The maximum Gasteiger partial charge on any atom is 0.345 e. The molecule has 0 atom stereocenters. The molecule has 36 heavy (non-hydrogen) atoms. The molecule has 3 aromatic rings. The summed E-state index contributed by atoms with van der Waals surface area (Å²) in [4.78, 5) is 42.0. The second-order valence-corrected chi connectivity index (χ2v) is 9.26. The van der Waals surface area contributed by atoms with Crippen LogP contribution in [0.4, 0.5) is 17.2 Å². The Bertz CT molecular complexity index is 1420. The average molecular weight is 510 g/mol. The zero-order valence-corrected chi connectivity index (χ0v) is 20.3. The number of piperazine rings is 1. The Morgan fingerprint density at radius 3 is 2.50 bits per heavy atom. The summed E-state index contributed by atoms with van der Waals surface area (Å²) in [5, 5.41) is 40.6. The van der Waals surface area contributed by atoms with E-state index in [-0.39, 0.29) is 21.9 Å². The predicted molar refractivity (Wildman–Crippen MR) is 135 cm³/mol. The summed E-state index contributed by atoms with van der Waals surface area (Å²) in [7, 11) is 2.03. The highest BCUT2D eigenvalue weighted by Gasteiger charge is 2.22. The number of aromatic carboxylic acids is 1. The van der Waals surface area contributed by atoms with E-state index < -0.39 is 29.1 Å². The molecule has 0 spiro atoms. The van der Waals surface area contributed by atoms with Crippen molar-refractivity contribution in [1.82, 2.24) is 15.1 Å². The highest BCUT2D eigenvalue weighted by Crippen LogP contribution is 2.31. The van der Waals surface area contributed by atoms with Crippen LogP contribution in [0.2, 0.25) is 0 Å². The normalized spacial score (nSPS) is 14.8. The molecule has 0 saturated carbocycles. The average Bonchev–Trinajstić information content (AvgIpc) is 3.42. The number of aromatic nitrogens is 2. The molecule has 1 saturated heterocycles. The van der Waals surface area contributed by atoms with Crippen LogP contribution >= 0.6 is 11.3 Å². The molecule has 1 aliphatic rings. The zero-order valence-electron chi connectivity index (χ0n) is 19.5. The lowest BCUT2D eigenvalue weighted by Crippen LogP contribution is -2.44. The number of hydrogen-bond donors (Lipinski definition) is 5. The monoisotopic (exact) mass is 509 g/mol. The number of allylic oxidation sites excluding steroid dienone is 1. The minimum atomic E-state index is -1.10. The van der Waals surface area contributed by atoms with Gasteiger partial charge in [-0.3, -0.25) is 14.7 Å². The van der Waals surface area contributed by atoms with E-state index in [1.54, 1.807) is 24.3 Å². The largest absolute Gasteiger partial charge is 0.511 e. The number of aliphatic hydroxyl groups excluding tert-OH is 1. The van der Waals surface area contributed by atoms with Crippen LogP contribution in [0.1, 0.15) is 27.0 Å². The minimum absolute atomic E-state index is 0.0803. The third kappa shape index (κ3) is 4.99. The van der Waals surface area contributed by atoms with Crippen LogP contribution in [-0.4, -0.2) is 76.3 Å². The highest BCUT2D eigenvalue weighted by atomic mass is 32.1. The number of fused-ring (bicyclic) bond motifs is 1. The molecule has 2 aromatic heterocycles. The first kappa shape index (κ1) is 24.7. The van der Waals surface area contributed by atoms with E-state index >= 15 is 0 Å². The predicted octanol–water partition coefficient (Wildman–Crippen LogP) is 2.62. The number of aliphatic hydroxyl groups is 1. The first-order valence-corrected chi connectivity index (χ1v) is 11.7. The quantitative estimate of drug-likeness (QED) is 0.190. The van der Waals surface area contributed by atoms with Crippen molar-refractivity contribution in [1.29, 1.82) is 5.26 Å². The maximum absolute atomic E-state index is 13.2. The lowest BCUT2D eigenvalue weighted by atomic mass is 10.1. The van der Waals surface area contributed by atoms with Crippen molar-refractivity contribution in [2.24, 2.45) is 0 Å². The van der Waals surface area contributed by atoms with Gasteiger partial charge in [0.2, 0.25) is 0 Å². The first-order valence-electron chi connectivity index (χ1n) is 10.9. The number of carboxylic acids is 1. The number of thiophene rings is 1. The molecule has 0 bridgehead atoms. The summed E-state index contributed by atoms with van der Waals surface area (Å²) in [5.74, 6) is -2.77. The third-order valence-electron chi connectivity index (χ3n) is 5.77. The van der Waals surface area contributed by atoms with Crippen molar-refractivity contribution >= 4 is 56.5 Å². The molecule has 186 valence electrons. The Morgan fingerprint density at radius 2 is 1.86 bits per heavy atom. The van der Waals surface area contributed by atoms with Crippen LogP contribution in [0.5, 0.6) is 0 Å². The minimum Gasteiger partial charge on any atom is -0.511 e. The van der Waals surface area contributed by atoms with Crippen molar-refractivity contribution in [3.05, 3.63) is 46.0 Å². The van der Waals surface area contributed by atoms with Crippen LogP contribution in [0, 0.1) is 11.3 Å². The van der Waals surface area contributed by atoms with Gasteiger partial charge in [-0.2, -0.15) is 10.4 Å². The standard InChI is InChI=1S/C23H23N7O5S/c1-12(31)16(11-24)21(33)25-17-9-13(30-7-5-29(2)6-8-30)3-4-14(17)20(32)26-19-15-10-18(23(34)35)36-22(15)28-27-19/h3-4,9-10,31H,5-8H2,1-2H3,(H,25,33)(H,34,35)(H2,26,27,28,32). The Morgan fingerprint density at radius 1 is 1.14 bits per heavy atom. The van der Waals surface area contributed by atoms with E-state index in [1.807, 2.05) is 7.05 Å². The van der Waals surface area contributed by atoms with E-state index in [1.165, 1.54) is 13.0 Å². The van der Waals surface area contributed by atoms with Crippen LogP contribution in [0.3, 0.4) is 0 Å². The number of hydrogen-bond acceptors (Lipinski definition) is 9. The fourth-order valence-electron chi connectivity index (χ4n) is 3.77. The Labute approximate surface area is 209 Å². The molecule has 1 fully saturated rings. The zero-order chi connectivity index (χ0) is 26.0. The van der Waals surface area contributed by atoms with E-state index in [0.29, 0.717) is 10.2 Å². The summed E-state index contributed by atoms with van der Waals surface area (Å²) in [6.07, 6.45) is 0. The third-order valence-corrected chi connectivity index (χ3v) is 6.78. The molecule has 13 heteroatoms. The SMILES string of the molecule is CC(O)=C(C#N)C(=O)Nc1cc(N2CCN(C)CC2)ccc1C(=O)Nc1[nH]nc2sc(C(=O)O)cc12. The van der Waals surface area contributed by atoms with Gasteiger partial charge < -0.3 is 30.6 Å². The van der Waals surface area contributed by atoms with Gasteiger partial charge in [-0.1, -0.05) is 0 Å². The topological polar surface area (TPSA) is 175 Å². The van der Waals surface area contributed by atoms with Crippen molar-refractivity contribution < 1.29 is 24.6 Å². The van der Waals surface area contributed by atoms with Crippen LogP contribution < -0.4 is 15.5 Å². The molecule has 1 aliphatic heterocycles. The number of rotatable bonds is 6. The highest BCUT2D eigenvalue weighted by molar-refractivity contribution is 7.20. The van der Waals surface area contributed by atoms with Gasteiger partial charge in [0, 0.05) is 31.9 Å². The molecular weight excluding hydrogens is 486 g/mol. The second kappa shape index (κ2) is 10.1. The number of nitrogens with zero attached hydrogens (tertiary/aromatic N) is 4. The lowest BCUT2D eigenvalue weighted by Gasteiger charge is -2.34. The first-order chi connectivity index (χ1) is 17.2. The van der Waals surface area contributed by atoms with E-state index in [0.717, 1.165) is 43.2 Å². The molecule has 4 rings (SSSR count). The molecule has 3 heterocycles. The summed E-state index contributed by atoms with van der Waals surface area (Å²) in [6, 6.07) is 8.05. The van der Waals surface area contributed by atoms with Crippen molar-refractivity contribution in [2.75, 3.05) is 48.8 Å². The van der Waals surface area contributed by atoms with Gasteiger partial charge in [-0.05, 0) is 38.2 Å². The van der Waals surface area contributed by atoms with Gasteiger partial charge in [0.25, 0.3) is 11.8 Å². The number of nitriles is 1. The Hall–Kier alpha value is -4.41. The number of anilines is 3. The number of carboxylic acid groups (broad SMARTS) is 1. The molecule has 1 aromatic carbocycles. The van der Waals surface area contributed by atoms with Gasteiger partial charge in [-0.15, -0.1) is 11.3 Å². The molecule has 0 unspecified atom stereocenters. The lowest BCUT2D eigenvalue weighted by molar-refractivity contribution is -0.112. The number of nitrogens with one attached hydrogen (secondary N) is 3. The molecule has 0 radical (unpaired) electrons. The number of likely N-dealkylation sites (N-methyl/N-ethyl adjacent to an activating group) is 1. The van der Waals surface area contributed by atoms with Gasteiger partial charge in [-0.25, -0.2) is 4.79 Å². The van der Waals surface area contributed by atoms with E-state index in [2.05, 4.69) is 30.6 Å². The van der Waals surface area contributed by atoms with Crippen molar-refractivity contribution in [3.8, 4) is 6.07 Å². The number of carbonyl (C=O) groups is 3. The van der Waals surface area contributed by atoms with Gasteiger partial charge >= 0.3 is 5.97 Å². The van der Waals surface area contributed by atoms with E-state index in [9.17, 15) is 29.9 Å². The second-order valence-electron chi connectivity index (χ2n) is 8.23. The summed E-state index contributed by atoms with van der Waals surface area (Å²) < 4.78 is 0. The number of amides is 2. The molecule has 0 aliphatic carbocycles. The molecule has 5 N–H and O–H groups in total. The fraction of sp³-hybridized carbons (Fsp3) is 0.261. The summed E-state index contributed by atoms with van der Waals surface area (Å²) in [5.41, 5.74) is 0.563. The van der Waals surface area contributed by atoms with Crippen LogP contribution in [0.15, 0.2) is 35.6 Å². The number of H-pyrrole nitrogens is 1. The van der Waals surface area contributed by atoms with Crippen LogP contribution in [0.25, 0.3) is 10.2 Å². The Kier molecular flexibility index (Phi) is 6.91. The molecule has 2 amide bonds. The molecular formula is C23H23N7O5S. The Balaban J connectivity index is 1.67. The summed E-state index contributed by atoms with van der Waals surface area (Å²) in [6.45, 7) is 4.44. The maximum atomic E-state index is 13.2. The van der Waals surface area contributed by atoms with Crippen molar-refractivity contribution in [2.45, 2.75) is 6.92 Å². The van der Waals surface area contributed by atoms with Crippen LogP contribution in [-0.2, 0) is 4.79 Å². The molecule has 12 nitrogen and oxygen atoms in total. The fourth-order valence-corrected chi connectivity index (χ4v) is 4.60.